The van der Waals surface area contributed by atoms with Crippen LogP contribution in [0, 0.1) is 0 Å². The minimum absolute atomic E-state index is 0.0466. The van der Waals surface area contributed by atoms with Crippen molar-refractivity contribution in [1.29, 1.82) is 0 Å². The normalized spacial score (nSPS) is 11.7. The van der Waals surface area contributed by atoms with Crippen LogP contribution in [0.15, 0.2) is 6.07 Å². The van der Waals surface area contributed by atoms with E-state index in [1.807, 2.05) is 0 Å². The molecular weight excluding hydrogens is 329 g/mol. The van der Waals surface area contributed by atoms with Crippen molar-refractivity contribution in [3.63, 3.8) is 0 Å². The Bertz CT molecular complexity index is 449. The van der Waals surface area contributed by atoms with Crippen molar-refractivity contribution >= 4 is 22.2 Å². The van der Waals surface area contributed by atoms with Crippen LogP contribution >= 0.6 is 15.9 Å². The first-order valence-electron chi connectivity index (χ1n) is 4.37. The van der Waals surface area contributed by atoms with Crippen LogP contribution in [0.3, 0.4) is 0 Å². The molecule has 1 aromatic rings. The Kier molecular flexibility index (Phi) is 4.60. The standard InChI is InChI=1S/C9H5BrF5NO2/c10-2-5-7(18-9(13,14)15)1-4(8(11)12)6(3-17)16-5/h1,3,8H,2H2. The molecule has 0 saturated carbocycles. The van der Waals surface area contributed by atoms with Gasteiger partial charge in [0.25, 0.3) is 6.43 Å². The maximum Gasteiger partial charge on any atom is 0.573 e. The predicted octanol–water partition coefficient (Wildman–Crippen LogP) is 3.63. The number of halogens is 6. The molecule has 0 radical (unpaired) electrons. The topological polar surface area (TPSA) is 39.2 Å². The van der Waals surface area contributed by atoms with Gasteiger partial charge >= 0.3 is 6.36 Å². The highest BCUT2D eigenvalue weighted by Gasteiger charge is 2.33. The molecule has 100 valence electrons. The SMILES string of the molecule is O=Cc1nc(CBr)c(OC(F)(F)F)cc1C(F)F. The van der Waals surface area contributed by atoms with Crippen molar-refractivity contribution in [1.82, 2.24) is 4.98 Å². The maximum atomic E-state index is 12.5. The number of nitrogens with zero attached hydrogens (tertiary/aromatic N) is 1. The highest BCUT2D eigenvalue weighted by Crippen LogP contribution is 2.32. The highest BCUT2D eigenvalue weighted by molar-refractivity contribution is 9.08. The number of pyridine rings is 1. The molecule has 0 bridgehead atoms. The molecule has 3 nitrogen and oxygen atoms in total. The van der Waals surface area contributed by atoms with Gasteiger partial charge in [-0.05, 0) is 6.07 Å². The van der Waals surface area contributed by atoms with Gasteiger partial charge in [0.1, 0.15) is 5.69 Å². The van der Waals surface area contributed by atoms with Crippen LogP contribution in [-0.2, 0) is 5.33 Å². The monoisotopic (exact) mass is 333 g/mol. The van der Waals surface area contributed by atoms with E-state index in [0.29, 0.717) is 6.07 Å². The predicted molar refractivity (Wildman–Crippen MR) is 53.9 cm³/mol. The zero-order valence-corrected chi connectivity index (χ0v) is 10.1. The summed E-state index contributed by atoms with van der Waals surface area (Å²) in [6.45, 7) is 0. The summed E-state index contributed by atoms with van der Waals surface area (Å²) in [4.78, 5) is 13.9. The van der Waals surface area contributed by atoms with E-state index >= 15 is 0 Å². The summed E-state index contributed by atoms with van der Waals surface area (Å²) in [5.74, 6) is -0.861. The van der Waals surface area contributed by atoms with E-state index in [4.69, 9.17) is 0 Å². The van der Waals surface area contributed by atoms with Crippen LogP contribution in [-0.4, -0.2) is 17.6 Å². The average Bonchev–Trinajstić information content (AvgIpc) is 2.26. The molecule has 0 saturated heterocycles. The second-order valence-corrected chi connectivity index (χ2v) is 3.57. The molecule has 0 aliphatic heterocycles. The van der Waals surface area contributed by atoms with Gasteiger partial charge in [0.2, 0.25) is 0 Å². The summed E-state index contributed by atoms with van der Waals surface area (Å²) in [6, 6.07) is 0.464. The number of alkyl halides is 6. The van der Waals surface area contributed by atoms with Gasteiger partial charge in [0.05, 0.1) is 11.3 Å². The number of aromatic nitrogens is 1. The third-order valence-electron chi connectivity index (χ3n) is 1.82. The average molecular weight is 334 g/mol. The molecule has 0 aliphatic carbocycles. The molecule has 0 atom stereocenters. The van der Waals surface area contributed by atoms with E-state index in [0.717, 1.165) is 0 Å². The first kappa shape index (κ1) is 14.8. The Hall–Kier alpha value is -1.25. The van der Waals surface area contributed by atoms with Gasteiger partial charge < -0.3 is 4.74 Å². The Balaban J connectivity index is 3.32. The summed E-state index contributed by atoms with van der Waals surface area (Å²) in [5.41, 5.74) is -1.82. The molecule has 0 unspecified atom stereocenters. The lowest BCUT2D eigenvalue weighted by atomic mass is 10.2. The largest absolute Gasteiger partial charge is 0.573 e. The molecule has 0 spiro atoms. The van der Waals surface area contributed by atoms with Crippen molar-refractivity contribution < 1.29 is 31.5 Å². The van der Waals surface area contributed by atoms with Gasteiger partial charge in [-0.2, -0.15) is 0 Å². The fraction of sp³-hybridized carbons (Fsp3) is 0.333. The minimum Gasteiger partial charge on any atom is -0.404 e. The number of rotatable bonds is 4. The van der Waals surface area contributed by atoms with Crippen molar-refractivity contribution in [2.45, 2.75) is 18.1 Å². The van der Waals surface area contributed by atoms with Crippen LogP contribution in [0.2, 0.25) is 0 Å². The Morgan fingerprint density at radius 1 is 1.44 bits per heavy atom. The van der Waals surface area contributed by atoms with Gasteiger partial charge in [-0.15, -0.1) is 13.2 Å². The first-order valence-corrected chi connectivity index (χ1v) is 5.49. The third kappa shape index (κ3) is 3.62. The molecule has 0 N–H and O–H groups in total. The molecule has 0 fully saturated rings. The van der Waals surface area contributed by atoms with E-state index in [1.54, 1.807) is 0 Å². The summed E-state index contributed by atoms with van der Waals surface area (Å²) < 4.78 is 64.8. The summed E-state index contributed by atoms with van der Waals surface area (Å²) in [6.07, 6.45) is -8.11. The number of ether oxygens (including phenoxy) is 1. The number of carbonyl (C=O) groups excluding carboxylic acids is 1. The van der Waals surface area contributed by atoms with Crippen molar-refractivity contribution in [2.24, 2.45) is 0 Å². The quantitative estimate of drug-likeness (QED) is 0.480. The van der Waals surface area contributed by atoms with Gasteiger partial charge in [0.15, 0.2) is 12.0 Å². The smallest absolute Gasteiger partial charge is 0.404 e. The lowest BCUT2D eigenvalue weighted by Gasteiger charge is -2.14. The second kappa shape index (κ2) is 5.59. The lowest BCUT2D eigenvalue weighted by molar-refractivity contribution is -0.275. The van der Waals surface area contributed by atoms with Crippen LogP contribution in [0.5, 0.6) is 5.75 Å². The van der Waals surface area contributed by atoms with Crippen molar-refractivity contribution in [3.8, 4) is 5.75 Å². The van der Waals surface area contributed by atoms with E-state index < -0.39 is 29.8 Å². The van der Waals surface area contributed by atoms with Crippen molar-refractivity contribution in [2.75, 3.05) is 0 Å². The Labute approximate surface area is 106 Å². The molecule has 0 aliphatic rings. The summed E-state index contributed by atoms with van der Waals surface area (Å²) in [7, 11) is 0. The van der Waals surface area contributed by atoms with Gasteiger partial charge in [-0.25, -0.2) is 13.8 Å². The molecular formula is C9H5BrF5NO2. The minimum atomic E-state index is -5.03. The van der Waals surface area contributed by atoms with Crippen LogP contribution in [0.1, 0.15) is 28.2 Å². The first-order chi connectivity index (χ1) is 8.28. The van der Waals surface area contributed by atoms with E-state index in [-0.39, 0.29) is 17.3 Å². The number of hydrogen-bond acceptors (Lipinski definition) is 3. The number of aldehydes is 1. The van der Waals surface area contributed by atoms with Crippen molar-refractivity contribution in [3.05, 3.63) is 23.0 Å². The van der Waals surface area contributed by atoms with Crippen LogP contribution in [0.4, 0.5) is 22.0 Å². The van der Waals surface area contributed by atoms with Gasteiger partial charge in [-0.1, -0.05) is 15.9 Å². The molecule has 1 heterocycles. The molecule has 0 aromatic carbocycles. The molecule has 1 rings (SSSR count). The fourth-order valence-corrected chi connectivity index (χ4v) is 1.54. The summed E-state index contributed by atoms with van der Waals surface area (Å²) in [5, 5.41) is -0.178. The summed E-state index contributed by atoms with van der Waals surface area (Å²) >= 11 is 2.83. The molecule has 1 aromatic heterocycles. The van der Waals surface area contributed by atoms with Gasteiger partial charge in [0, 0.05) is 5.33 Å². The maximum absolute atomic E-state index is 12.5. The lowest BCUT2D eigenvalue weighted by Crippen LogP contribution is -2.19. The zero-order valence-electron chi connectivity index (χ0n) is 8.47. The Morgan fingerprint density at radius 3 is 2.44 bits per heavy atom. The zero-order chi connectivity index (χ0) is 13.9. The number of hydrogen-bond donors (Lipinski definition) is 0. The highest BCUT2D eigenvalue weighted by atomic mass is 79.9. The van der Waals surface area contributed by atoms with E-state index in [9.17, 15) is 26.7 Å². The Morgan fingerprint density at radius 2 is 2.06 bits per heavy atom. The fourth-order valence-electron chi connectivity index (χ4n) is 1.14. The van der Waals surface area contributed by atoms with Crippen LogP contribution < -0.4 is 4.74 Å². The second-order valence-electron chi connectivity index (χ2n) is 3.01. The molecule has 18 heavy (non-hydrogen) atoms. The van der Waals surface area contributed by atoms with Gasteiger partial charge in [-0.3, -0.25) is 4.79 Å². The molecule has 9 heteroatoms. The molecule has 0 amide bonds. The third-order valence-corrected chi connectivity index (χ3v) is 2.35. The van der Waals surface area contributed by atoms with Crippen LogP contribution in [0.25, 0.3) is 0 Å². The number of carbonyl (C=O) groups is 1. The van der Waals surface area contributed by atoms with E-state index in [1.165, 1.54) is 0 Å². The van der Waals surface area contributed by atoms with E-state index in [2.05, 4.69) is 25.7 Å².